The molecule has 4 amide bonds. The van der Waals surface area contributed by atoms with Crippen molar-refractivity contribution in [2.45, 2.75) is 107 Å². The molecule has 0 unspecified atom stereocenters. The summed E-state index contributed by atoms with van der Waals surface area (Å²) in [6.07, 6.45) is 4.52. The molecule has 2 aromatic carbocycles. The summed E-state index contributed by atoms with van der Waals surface area (Å²) in [6, 6.07) is 13.0. The molecule has 14 heteroatoms. The Hall–Kier alpha value is -4.72. The lowest BCUT2D eigenvalue weighted by Crippen LogP contribution is -2.64. The van der Waals surface area contributed by atoms with E-state index < -0.39 is 62.4 Å². The summed E-state index contributed by atoms with van der Waals surface area (Å²) in [5, 5.41) is 16.9. The van der Waals surface area contributed by atoms with E-state index in [0.29, 0.717) is 19.3 Å². The molecular weight excluding hydrogens is 664 g/mol. The highest BCUT2D eigenvalue weighted by molar-refractivity contribution is 7.90. The fourth-order valence-corrected chi connectivity index (χ4v) is 7.36. The molecule has 0 aliphatic heterocycles. The summed E-state index contributed by atoms with van der Waals surface area (Å²) < 4.78 is 34.8. The SMILES string of the molecule is C=C[C@@H]1C[C@@]1(NC(=O)C1(NC(=O)OC(C)(C)C)Cc2ccccc2C1)C(=O)NS(=O)(=O)c1ccccc1NC(=O)CCCCCCCC(=O)O. The van der Waals surface area contributed by atoms with Gasteiger partial charge in [0.2, 0.25) is 11.8 Å². The number of unbranched alkanes of at least 4 members (excludes halogenated alkanes) is 4. The van der Waals surface area contributed by atoms with Crippen LogP contribution in [0.3, 0.4) is 0 Å². The smallest absolute Gasteiger partial charge is 0.408 e. The van der Waals surface area contributed by atoms with Crippen LogP contribution in [0.2, 0.25) is 0 Å². The first kappa shape index (κ1) is 38.1. The van der Waals surface area contributed by atoms with Crippen molar-refractivity contribution in [3.63, 3.8) is 0 Å². The summed E-state index contributed by atoms with van der Waals surface area (Å²) in [5.74, 6) is -3.51. The minimum atomic E-state index is -4.54. The first-order valence-electron chi connectivity index (χ1n) is 16.7. The average Bonchev–Trinajstić information content (AvgIpc) is 3.61. The zero-order chi connectivity index (χ0) is 36.7. The van der Waals surface area contributed by atoms with Gasteiger partial charge in [-0.25, -0.2) is 17.9 Å². The first-order valence-corrected chi connectivity index (χ1v) is 18.2. The highest BCUT2D eigenvalue weighted by atomic mass is 32.2. The van der Waals surface area contributed by atoms with E-state index in [9.17, 15) is 32.4 Å². The van der Waals surface area contributed by atoms with E-state index in [1.165, 1.54) is 24.3 Å². The lowest BCUT2D eigenvalue weighted by Gasteiger charge is -2.32. The van der Waals surface area contributed by atoms with Crippen LogP contribution in [0.15, 0.2) is 66.1 Å². The van der Waals surface area contributed by atoms with Gasteiger partial charge in [-0.1, -0.05) is 61.7 Å². The van der Waals surface area contributed by atoms with Crippen LogP contribution in [0.5, 0.6) is 0 Å². The Bertz CT molecular complexity index is 1730. The number of rotatable bonds is 16. The van der Waals surface area contributed by atoms with Crippen LogP contribution in [-0.4, -0.2) is 60.0 Å². The molecular formula is C36H46N4O9S. The molecule has 2 aromatic rings. The highest BCUT2D eigenvalue weighted by Crippen LogP contribution is 2.46. The van der Waals surface area contributed by atoms with Gasteiger partial charge in [0.05, 0.1) is 5.69 Å². The molecule has 0 saturated heterocycles. The summed E-state index contributed by atoms with van der Waals surface area (Å²) in [4.78, 5) is 63.9. The third-order valence-corrected chi connectivity index (χ3v) is 10.2. The number of sulfonamides is 1. The van der Waals surface area contributed by atoms with E-state index in [4.69, 9.17) is 9.84 Å². The number of ether oxygens (including phenoxy) is 1. The quantitative estimate of drug-likeness (QED) is 0.124. The number of nitrogens with one attached hydrogen (secondary N) is 4. The first-order chi connectivity index (χ1) is 23.5. The Labute approximate surface area is 292 Å². The molecule has 0 spiro atoms. The van der Waals surface area contributed by atoms with Gasteiger partial charge in [-0.3, -0.25) is 19.2 Å². The van der Waals surface area contributed by atoms with Gasteiger partial charge in [-0.15, -0.1) is 6.58 Å². The molecule has 2 aliphatic rings. The van der Waals surface area contributed by atoms with Gasteiger partial charge in [0.15, 0.2) is 0 Å². The van der Waals surface area contributed by atoms with Crippen molar-refractivity contribution in [2.24, 2.45) is 5.92 Å². The zero-order valence-electron chi connectivity index (χ0n) is 28.7. The number of carboxylic acids is 1. The third kappa shape index (κ3) is 9.49. The van der Waals surface area contributed by atoms with Crippen LogP contribution < -0.4 is 20.7 Å². The standard InChI is InChI=1S/C36H46N4O9S/c1-5-26-23-36(26,38-31(44)35(39-33(46)49-34(2,3)4)21-24-15-11-12-16-25(24)22-35)32(45)40-50(47,48)28-18-14-13-17-27(28)37-29(41)19-9-7-6-8-10-20-30(42)43/h5,11-18,26H,1,6-10,19-23H2,2-4H3,(H,37,41)(H,38,44)(H,39,46)(H,40,45)(H,42,43)/t26-,36+/m1/s1. The second kappa shape index (κ2) is 15.4. The summed E-state index contributed by atoms with van der Waals surface area (Å²) >= 11 is 0. The van der Waals surface area contributed by atoms with Crippen LogP contribution in [0, 0.1) is 5.92 Å². The maximum absolute atomic E-state index is 14.1. The van der Waals surface area contributed by atoms with Crippen molar-refractivity contribution in [2.75, 3.05) is 5.32 Å². The fraction of sp³-hybridized carbons (Fsp3) is 0.472. The molecule has 270 valence electrons. The summed E-state index contributed by atoms with van der Waals surface area (Å²) in [7, 11) is -4.54. The maximum Gasteiger partial charge on any atom is 0.408 e. The molecule has 50 heavy (non-hydrogen) atoms. The minimum Gasteiger partial charge on any atom is -0.481 e. The van der Waals surface area contributed by atoms with Crippen molar-refractivity contribution in [3.05, 3.63) is 72.3 Å². The summed E-state index contributed by atoms with van der Waals surface area (Å²) in [5.41, 5.74) is -2.35. The van der Waals surface area contributed by atoms with Crippen molar-refractivity contribution in [1.82, 2.24) is 15.4 Å². The van der Waals surface area contributed by atoms with Gasteiger partial charge in [-0.2, -0.15) is 0 Å². The second-order valence-electron chi connectivity index (χ2n) is 13.9. The zero-order valence-corrected chi connectivity index (χ0v) is 29.5. The van der Waals surface area contributed by atoms with E-state index in [1.54, 1.807) is 26.8 Å². The number of hydrogen-bond acceptors (Lipinski definition) is 8. The normalized spacial score (nSPS) is 19.0. The van der Waals surface area contributed by atoms with Crippen molar-refractivity contribution < 1.29 is 42.2 Å². The molecule has 0 aromatic heterocycles. The number of anilines is 1. The molecule has 0 bridgehead atoms. The maximum atomic E-state index is 14.1. The number of para-hydroxylation sites is 1. The Kier molecular flexibility index (Phi) is 11.8. The van der Waals surface area contributed by atoms with Gasteiger partial charge in [0.25, 0.3) is 15.9 Å². The van der Waals surface area contributed by atoms with Crippen LogP contribution in [0.25, 0.3) is 0 Å². The van der Waals surface area contributed by atoms with Crippen molar-refractivity contribution >= 4 is 45.5 Å². The van der Waals surface area contributed by atoms with E-state index in [1.807, 2.05) is 24.3 Å². The molecule has 5 N–H and O–H groups in total. The van der Waals surface area contributed by atoms with Gasteiger partial charge >= 0.3 is 12.1 Å². The predicted octanol–water partition coefficient (Wildman–Crippen LogP) is 4.37. The summed E-state index contributed by atoms with van der Waals surface area (Å²) in [6.45, 7) is 8.84. The third-order valence-electron chi connectivity index (χ3n) is 8.79. The van der Waals surface area contributed by atoms with Gasteiger partial charge in [-0.05, 0) is 63.3 Å². The number of hydrogen-bond donors (Lipinski definition) is 5. The van der Waals surface area contributed by atoms with E-state index in [0.717, 1.165) is 24.0 Å². The second-order valence-corrected chi connectivity index (χ2v) is 15.6. The van der Waals surface area contributed by atoms with Crippen LogP contribution in [-0.2, 0) is 46.8 Å². The van der Waals surface area contributed by atoms with Crippen LogP contribution in [0.4, 0.5) is 10.5 Å². The highest BCUT2D eigenvalue weighted by Gasteiger charge is 2.62. The number of carbonyl (C=O) groups is 5. The fourth-order valence-electron chi connectivity index (χ4n) is 6.15. The number of carboxylic acid groups (broad SMARTS) is 1. The van der Waals surface area contributed by atoms with Gasteiger partial charge in [0, 0.05) is 31.6 Å². The molecule has 0 heterocycles. The van der Waals surface area contributed by atoms with E-state index in [-0.39, 0.29) is 42.7 Å². The Morgan fingerprint density at radius 3 is 2.04 bits per heavy atom. The van der Waals surface area contributed by atoms with Crippen molar-refractivity contribution in [3.8, 4) is 0 Å². The molecule has 2 aliphatic carbocycles. The van der Waals surface area contributed by atoms with Crippen LogP contribution in [0.1, 0.15) is 83.3 Å². The molecule has 1 saturated carbocycles. The molecule has 13 nitrogen and oxygen atoms in total. The number of alkyl carbamates (subject to hydrolysis) is 1. The minimum absolute atomic E-state index is 0.0161. The topological polar surface area (TPSA) is 197 Å². The number of amides is 4. The lowest BCUT2D eigenvalue weighted by atomic mass is 9.93. The average molecular weight is 711 g/mol. The molecule has 1 fully saturated rings. The van der Waals surface area contributed by atoms with E-state index >= 15 is 0 Å². The van der Waals surface area contributed by atoms with Crippen molar-refractivity contribution in [1.29, 1.82) is 0 Å². The van der Waals surface area contributed by atoms with Gasteiger partial charge < -0.3 is 25.8 Å². The molecule has 4 rings (SSSR count). The predicted molar refractivity (Wildman–Crippen MR) is 185 cm³/mol. The largest absolute Gasteiger partial charge is 0.481 e. The number of carbonyl (C=O) groups excluding carboxylic acids is 4. The Balaban J connectivity index is 1.46. The number of benzene rings is 2. The van der Waals surface area contributed by atoms with Crippen LogP contribution >= 0.6 is 0 Å². The number of fused-ring (bicyclic) bond motifs is 1. The number of aliphatic carboxylic acids is 1. The molecule has 2 atom stereocenters. The molecule has 0 radical (unpaired) electrons. The Morgan fingerprint density at radius 2 is 1.46 bits per heavy atom. The Morgan fingerprint density at radius 1 is 0.880 bits per heavy atom. The van der Waals surface area contributed by atoms with Gasteiger partial charge in [0.1, 0.15) is 21.6 Å². The monoisotopic (exact) mass is 710 g/mol. The van der Waals surface area contributed by atoms with E-state index in [2.05, 4.69) is 27.3 Å². The lowest BCUT2D eigenvalue weighted by molar-refractivity contribution is -0.137.